The normalized spacial score (nSPS) is 16.7. The Morgan fingerprint density at radius 3 is 2.96 bits per heavy atom. The minimum Gasteiger partial charge on any atom is -0.454 e. The van der Waals surface area contributed by atoms with E-state index < -0.39 is 0 Å². The van der Waals surface area contributed by atoms with Gasteiger partial charge in [-0.25, -0.2) is 0 Å². The monoisotopic (exact) mass is 315 g/mol. The van der Waals surface area contributed by atoms with Gasteiger partial charge in [-0.3, -0.25) is 4.79 Å². The van der Waals surface area contributed by atoms with Crippen molar-refractivity contribution in [2.24, 2.45) is 0 Å². The molecule has 0 atom stereocenters. The molecule has 8 heteroatoms. The van der Waals surface area contributed by atoms with E-state index in [0.717, 1.165) is 18.4 Å². The van der Waals surface area contributed by atoms with Gasteiger partial charge in [-0.2, -0.15) is 4.80 Å². The van der Waals surface area contributed by atoms with Crippen molar-refractivity contribution in [3.63, 3.8) is 0 Å². The van der Waals surface area contributed by atoms with Crippen LogP contribution < -0.4 is 14.8 Å². The lowest BCUT2D eigenvalue weighted by molar-refractivity contribution is -0.122. The molecule has 1 aliphatic heterocycles. The molecule has 1 N–H and O–H groups in total. The van der Waals surface area contributed by atoms with Crippen molar-refractivity contribution >= 4 is 5.91 Å². The molecule has 2 aliphatic rings. The second-order valence-electron chi connectivity index (χ2n) is 5.76. The highest BCUT2D eigenvalue weighted by Crippen LogP contribution is 2.34. The van der Waals surface area contributed by atoms with Crippen LogP contribution in [0.5, 0.6) is 11.5 Å². The highest BCUT2D eigenvalue weighted by atomic mass is 16.7. The van der Waals surface area contributed by atoms with Crippen LogP contribution in [0.4, 0.5) is 0 Å². The first-order valence-electron chi connectivity index (χ1n) is 7.75. The van der Waals surface area contributed by atoms with E-state index in [-0.39, 0.29) is 19.2 Å². The number of rotatable bonds is 4. The highest BCUT2D eigenvalue weighted by molar-refractivity contribution is 5.75. The molecule has 1 fully saturated rings. The second kappa shape index (κ2) is 5.86. The zero-order chi connectivity index (χ0) is 15.6. The largest absolute Gasteiger partial charge is 0.454 e. The Balaban J connectivity index is 1.43. The number of benzene rings is 1. The average molecular weight is 315 g/mol. The fraction of sp³-hybridized carbons (Fsp3) is 0.467. The molecule has 2 aromatic rings. The van der Waals surface area contributed by atoms with Gasteiger partial charge in [0.1, 0.15) is 6.54 Å². The number of nitrogens with one attached hydrogen (secondary N) is 1. The van der Waals surface area contributed by atoms with E-state index in [1.54, 1.807) is 0 Å². The molecule has 2 heterocycles. The minimum absolute atomic E-state index is 0.0773. The molecule has 1 saturated carbocycles. The lowest BCUT2D eigenvalue weighted by atomic mass is 10.2. The first-order chi connectivity index (χ1) is 11.3. The molecule has 0 radical (unpaired) electrons. The van der Waals surface area contributed by atoms with Crippen LogP contribution in [0.3, 0.4) is 0 Å². The van der Waals surface area contributed by atoms with Crippen molar-refractivity contribution in [2.75, 3.05) is 6.79 Å². The number of fused-ring (bicyclic) bond motifs is 1. The molecule has 4 rings (SSSR count). The number of tetrazole rings is 1. The molecule has 0 bridgehead atoms. The summed E-state index contributed by atoms with van der Waals surface area (Å²) in [7, 11) is 0. The summed E-state index contributed by atoms with van der Waals surface area (Å²) in [4.78, 5) is 13.3. The van der Waals surface area contributed by atoms with Gasteiger partial charge in [0.15, 0.2) is 11.5 Å². The van der Waals surface area contributed by atoms with Crippen LogP contribution in [-0.4, -0.2) is 38.9 Å². The van der Waals surface area contributed by atoms with Crippen LogP contribution in [0.25, 0.3) is 11.4 Å². The van der Waals surface area contributed by atoms with E-state index in [1.807, 2.05) is 18.2 Å². The molecule has 1 aliphatic carbocycles. The van der Waals surface area contributed by atoms with Crippen LogP contribution in [0.1, 0.15) is 25.7 Å². The van der Waals surface area contributed by atoms with Crippen molar-refractivity contribution in [2.45, 2.75) is 38.3 Å². The SMILES string of the molecule is O=C(Cn1nnc(-c2ccc3c(c2)OCO3)n1)NC1CCCC1. The van der Waals surface area contributed by atoms with Gasteiger partial charge in [0.05, 0.1) is 0 Å². The number of carbonyl (C=O) groups is 1. The van der Waals surface area contributed by atoms with E-state index >= 15 is 0 Å². The van der Waals surface area contributed by atoms with E-state index in [4.69, 9.17) is 9.47 Å². The minimum atomic E-state index is -0.0773. The van der Waals surface area contributed by atoms with Crippen molar-refractivity contribution in [3.8, 4) is 22.9 Å². The van der Waals surface area contributed by atoms with Gasteiger partial charge in [0.2, 0.25) is 18.5 Å². The number of nitrogens with zero attached hydrogens (tertiary/aromatic N) is 4. The van der Waals surface area contributed by atoms with E-state index in [0.29, 0.717) is 23.4 Å². The van der Waals surface area contributed by atoms with Gasteiger partial charge in [-0.15, -0.1) is 10.2 Å². The van der Waals surface area contributed by atoms with E-state index in [1.165, 1.54) is 17.6 Å². The Morgan fingerprint density at radius 2 is 2.09 bits per heavy atom. The number of hydrogen-bond acceptors (Lipinski definition) is 6. The predicted molar refractivity (Wildman–Crippen MR) is 79.8 cm³/mol. The maximum absolute atomic E-state index is 12.0. The number of hydrogen-bond donors (Lipinski definition) is 1. The Labute approximate surface area is 132 Å². The van der Waals surface area contributed by atoms with Crippen molar-refractivity contribution in [1.29, 1.82) is 0 Å². The molecule has 0 spiro atoms. The Hall–Kier alpha value is -2.64. The summed E-state index contributed by atoms with van der Waals surface area (Å²) in [6.07, 6.45) is 4.47. The lowest BCUT2D eigenvalue weighted by Gasteiger charge is -2.10. The van der Waals surface area contributed by atoms with Gasteiger partial charge >= 0.3 is 0 Å². The summed E-state index contributed by atoms with van der Waals surface area (Å²) in [5.41, 5.74) is 0.775. The Bertz CT molecular complexity index is 724. The zero-order valence-corrected chi connectivity index (χ0v) is 12.6. The summed E-state index contributed by atoms with van der Waals surface area (Å²) in [6.45, 7) is 0.300. The maximum Gasteiger partial charge on any atom is 0.243 e. The molecule has 1 amide bonds. The molecule has 120 valence electrons. The molecule has 1 aromatic carbocycles. The maximum atomic E-state index is 12.0. The molecule has 8 nitrogen and oxygen atoms in total. The van der Waals surface area contributed by atoms with Gasteiger partial charge in [0, 0.05) is 11.6 Å². The molecule has 0 saturated heterocycles. The van der Waals surface area contributed by atoms with Crippen LogP contribution in [-0.2, 0) is 11.3 Å². The molecular formula is C15H17N5O3. The summed E-state index contributed by atoms with van der Waals surface area (Å²) < 4.78 is 10.6. The van der Waals surface area contributed by atoms with Crippen molar-refractivity contribution < 1.29 is 14.3 Å². The fourth-order valence-corrected chi connectivity index (χ4v) is 2.93. The van der Waals surface area contributed by atoms with Crippen molar-refractivity contribution in [1.82, 2.24) is 25.5 Å². The van der Waals surface area contributed by atoms with E-state index in [2.05, 4.69) is 20.7 Å². The third-order valence-electron chi connectivity index (χ3n) is 4.09. The van der Waals surface area contributed by atoms with Crippen LogP contribution in [0, 0.1) is 0 Å². The number of aromatic nitrogens is 4. The van der Waals surface area contributed by atoms with Gasteiger partial charge in [0.25, 0.3) is 0 Å². The summed E-state index contributed by atoms with van der Waals surface area (Å²) >= 11 is 0. The van der Waals surface area contributed by atoms with Crippen LogP contribution >= 0.6 is 0 Å². The fourth-order valence-electron chi connectivity index (χ4n) is 2.93. The standard InChI is InChI=1S/C15H17N5O3/c21-14(16-11-3-1-2-4-11)8-20-18-15(17-19-20)10-5-6-12-13(7-10)23-9-22-12/h5-7,11H,1-4,8-9H2,(H,16,21). The predicted octanol–water partition coefficient (Wildman–Crippen LogP) is 1.13. The van der Waals surface area contributed by atoms with Gasteiger partial charge in [-0.1, -0.05) is 12.8 Å². The quantitative estimate of drug-likeness (QED) is 0.909. The molecule has 0 unspecified atom stereocenters. The summed E-state index contributed by atoms with van der Waals surface area (Å²) in [5.74, 6) is 1.75. The molecular weight excluding hydrogens is 298 g/mol. The Kier molecular flexibility index (Phi) is 3.57. The second-order valence-corrected chi connectivity index (χ2v) is 5.76. The molecule has 1 aromatic heterocycles. The number of amides is 1. The van der Waals surface area contributed by atoms with Gasteiger partial charge in [-0.05, 0) is 36.3 Å². The van der Waals surface area contributed by atoms with Crippen molar-refractivity contribution in [3.05, 3.63) is 18.2 Å². The first kappa shape index (κ1) is 14.0. The average Bonchev–Trinajstić information content (AvgIpc) is 3.27. The van der Waals surface area contributed by atoms with Crippen LogP contribution in [0.15, 0.2) is 18.2 Å². The third kappa shape index (κ3) is 2.96. The first-order valence-corrected chi connectivity index (χ1v) is 7.75. The molecule has 23 heavy (non-hydrogen) atoms. The Morgan fingerprint density at radius 1 is 1.26 bits per heavy atom. The number of carbonyl (C=O) groups excluding carboxylic acids is 1. The summed E-state index contributed by atoms with van der Waals surface area (Å²) in [6, 6.07) is 5.75. The topological polar surface area (TPSA) is 91.2 Å². The number of ether oxygens (including phenoxy) is 2. The van der Waals surface area contributed by atoms with Crippen LogP contribution in [0.2, 0.25) is 0 Å². The van der Waals surface area contributed by atoms with Gasteiger partial charge < -0.3 is 14.8 Å². The van der Waals surface area contributed by atoms with E-state index in [9.17, 15) is 4.79 Å². The third-order valence-corrected chi connectivity index (χ3v) is 4.09. The lowest BCUT2D eigenvalue weighted by Crippen LogP contribution is -2.35. The smallest absolute Gasteiger partial charge is 0.243 e. The highest BCUT2D eigenvalue weighted by Gasteiger charge is 2.19. The zero-order valence-electron chi connectivity index (χ0n) is 12.6. The summed E-state index contributed by atoms with van der Waals surface area (Å²) in [5, 5.41) is 15.2.